The summed E-state index contributed by atoms with van der Waals surface area (Å²) >= 11 is 5.93. The van der Waals surface area contributed by atoms with Crippen LogP contribution in [0.2, 0.25) is 5.02 Å². The van der Waals surface area contributed by atoms with E-state index in [1.54, 1.807) is 25.1 Å². The number of amides is 2. The molecule has 1 aromatic rings. The average molecular weight is 381 g/mol. The molecule has 3 rings (SSSR count). The number of likely N-dealkylation sites (tertiary alicyclic amines) is 1. The van der Waals surface area contributed by atoms with Crippen LogP contribution < -0.4 is 10.1 Å². The summed E-state index contributed by atoms with van der Waals surface area (Å²) in [6, 6.07) is 4.80. The van der Waals surface area contributed by atoms with E-state index in [4.69, 9.17) is 21.1 Å². The molecule has 1 saturated heterocycles. The number of benzene rings is 1. The number of ether oxygens (including phenoxy) is 2. The topological polar surface area (TPSA) is 84.9 Å². The van der Waals surface area contributed by atoms with Gasteiger partial charge in [-0.2, -0.15) is 0 Å². The third-order valence-electron chi connectivity index (χ3n) is 4.67. The summed E-state index contributed by atoms with van der Waals surface area (Å²) in [6.07, 6.45) is 1.33. The number of hydrogen-bond acceptors (Lipinski definition) is 5. The normalized spacial score (nSPS) is 25.0. The number of esters is 1. The number of nitrogens with one attached hydrogen (secondary N) is 1. The van der Waals surface area contributed by atoms with Crippen LogP contribution in [0.5, 0.6) is 5.75 Å². The van der Waals surface area contributed by atoms with Gasteiger partial charge in [-0.15, -0.1) is 0 Å². The van der Waals surface area contributed by atoms with Crippen LogP contribution in [0, 0.1) is 5.92 Å². The van der Waals surface area contributed by atoms with Gasteiger partial charge in [-0.1, -0.05) is 11.6 Å². The van der Waals surface area contributed by atoms with Crippen molar-refractivity contribution in [3.63, 3.8) is 0 Å². The third-order valence-corrected chi connectivity index (χ3v) is 4.91. The summed E-state index contributed by atoms with van der Waals surface area (Å²) < 4.78 is 10.8. The first kappa shape index (κ1) is 18.5. The lowest BCUT2D eigenvalue weighted by Gasteiger charge is -2.39. The second kappa shape index (κ2) is 7.15. The Labute approximate surface area is 156 Å². The van der Waals surface area contributed by atoms with E-state index in [1.165, 1.54) is 11.8 Å². The van der Waals surface area contributed by atoms with Crippen LogP contribution in [0.1, 0.15) is 26.7 Å². The quantitative estimate of drug-likeness (QED) is 0.642. The minimum Gasteiger partial charge on any atom is -0.466 e. The molecule has 1 N–H and O–H groups in total. The Bertz CT molecular complexity index is 753. The maximum Gasteiger partial charge on any atom is 0.310 e. The summed E-state index contributed by atoms with van der Waals surface area (Å²) in [7, 11) is 0. The minimum absolute atomic E-state index is 0.220. The molecule has 2 unspecified atom stereocenters. The average Bonchev–Trinajstić information content (AvgIpc) is 2.63. The molecule has 0 radical (unpaired) electrons. The second-order valence-corrected chi connectivity index (χ2v) is 7.01. The molecule has 2 heterocycles. The molecule has 26 heavy (non-hydrogen) atoms. The fourth-order valence-corrected chi connectivity index (χ4v) is 3.43. The van der Waals surface area contributed by atoms with Gasteiger partial charge in [-0.25, -0.2) is 0 Å². The van der Waals surface area contributed by atoms with Gasteiger partial charge in [0.05, 0.1) is 18.2 Å². The van der Waals surface area contributed by atoms with Gasteiger partial charge in [0.15, 0.2) is 0 Å². The molecular weight excluding hydrogens is 360 g/mol. The molecule has 1 fully saturated rings. The van der Waals surface area contributed by atoms with Crippen LogP contribution in [-0.4, -0.2) is 48.0 Å². The van der Waals surface area contributed by atoms with Crippen molar-refractivity contribution in [3.8, 4) is 5.75 Å². The largest absolute Gasteiger partial charge is 0.466 e. The molecule has 1 aromatic carbocycles. The third kappa shape index (κ3) is 3.35. The molecule has 0 spiro atoms. The molecule has 140 valence electrons. The van der Waals surface area contributed by atoms with Crippen LogP contribution in [0.4, 0.5) is 5.69 Å². The zero-order valence-electron chi connectivity index (χ0n) is 14.7. The standard InChI is InChI=1S/C18H21ClN2O5/c1-3-25-15(22)11-5-4-8-21(10-11)17(24)18(2)16(23)20-13-9-12(19)6-7-14(13)26-18/h6-7,9,11H,3-5,8,10H2,1-2H3,(H,20,23). The molecule has 7 nitrogen and oxygen atoms in total. The minimum atomic E-state index is -1.70. The molecule has 2 aliphatic rings. The van der Waals surface area contributed by atoms with Crippen LogP contribution in [0.15, 0.2) is 18.2 Å². The van der Waals surface area contributed by atoms with Crippen LogP contribution in [0.25, 0.3) is 0 Å². The van der Waals surface area contributed by atoms with E-state index in [9.17, 15) is 14.4 Å². The zero-order chi connectivity index (χ0) is 18.9. The smallest absolute Gasteiger partial charge is 0.310 e. The van der Waals surface area contributed by atoms with Crippen molar-refractivity contribution in [1.82, 2.24) is 4.90 Å². The molecule has 2 amide bonds. The van der Waals surface area contributed by atoms with E-state index in [2.05, 4.69) is 5.32 Å². The molecule has 2 aliphatic heterocycles. The van der Waals surface area contributed by atoms with Gasteiger partial charge in [0.1, 0.15) is 5.75 Å². The molecule has 8 heteroatoms. The summed E-state index contributed by atoms with van der Waals surface area (Å²) in [4.78, 5) is 39.1. The first-order chi connectivity index (χ1) is 12.3. The van der Waals surface area contributed by atoms with Crippen LogP contribution in [-0.2, 0) is 19.1 Å². The van der Waals surface area contributed by atoms with Gasteiger partial charge in [0, 0.05) is 18.1 Å². The summed E-state index contributed by atoms with van der Waals surface area (Å²) in [6.45, 7) is 4.17. The van der Waals surface area contributed by atoms with Gasteiger partial charge in [-0.05, 0) is 44.9 Å². The summed E-state index contributed by atoms with van der Waals surface area (Å²) in [5.41, 5.74) is -1.27. The van der Waals surface area contributed by atoms with E-state index < -0.39 is 17.4 Å². The van der Waals surface area contributed by atoms with Crippen molar-refractivity contribution in [3.05, 3.63) is 23.2 Å². The lowest BCUT2D eigenvalue weighted by atomic mass is 9.94. The van der Waals surface area contributed by atoms with E-state index in [0.29, 0.717) is 42.5 Å². The number of carbonyl (C=O) groups excluding carboxylic acids is 3. The van der Waals surface area contributed by atoms with E-state index >= 15 is 0 Å². The fraction of sp³-hybridized carbons (Fsp3) is 0.500. The number of fused-ring (bicyclic) bond motifs is 1. The number of piperidine rings is 1. The molecule has 2 atom stereocenters. The number of nitrogens with zero attached hydrogens (tertiary/aromatic N) is 1. The van der Waals surface area contributed by atoms with E-state index in [-0.39, 0.29) is 18.4 Å². The number of hydrogen-bond donors (Lipinski definition) is 1. The Morgan fingerprint density at radius 2 is 2.23 bits per heavy atom. The lowest BCUT2D eigenvalue weighted by molar-refractivity contribution is -0.158. The Morgan fingerprint density at radius 3 is 2.96 bits per heavy atom. The van der Waals surface area contributed by atoms with Crippen LogP contribution in [0.3, 0.4) is 0 Å². The van der Waals surface area contributed by atoms with Gasteiger partial charge < -0.3 is 19.7 Å². The van der Waals surface area contributed by atoms with Gasteiger partial charge >= 0.3 is 5.97 Å². The van der Waals surface area contributed by atoms with Crippen LogP contribution >= 0.6 is 11.6 Å². The maximum absolute atomic E-state index is 13.0. The van der Waals surface area contributed by atoms with Gasteiger partial charge in [0.2, 0.25) is 0 Å². The van der Waals surface area contributed by atoms with Crippen molar-refractivity contribution < 1.29 is 23.9 Å². The molecule has 0 saturated carbocycles. The van der Waals surface area contributed by atoms with Crippen molar-refractivity contribution in [1.29, 1.82) is 0 Å². The van der Waals surface area contributed by atoms with E-state index in [1.807, 2.05) is 0 Å². The molecule has 0 aromatic heterocycles. The lowest BCUT2D eigenvalue weighted by Crippen LogP contribution is -2.61. The predicted octanol–water partition coefficient (Wildman–Crippen LogP) is 2.23. The number of carbonyl (C=O) groups is 3. The Morgan fingerprint density at radius 1 is 1.46 bits per heavy atom. The van der Waals surface area contributed by atoms with Crippen molar-refractivity contribution in [2.24, 2.45) is 5.92 Å². The molecular formula is C18H21ClN2O5. The summed E-state index contributed by atoms with van der Waals surface area (Å²) in [5.74, 6) is -1.35. The highest BCUT2D eigenvalue weighted by Gasteiger charge is 2.50. The highest BCUT2D eigenvalue weighted by molar-refractivity contribution is 6.31. The molecule has 0 bridgehead atoms. The van der Waals surface area contributed by atoms with Crippen molar-refractivity contribution in [2.45, 2.75) is 32.3 Å². The number of halogens is 1. The Hall–Kier alpha value is -2.28. The Balaban J connectivity index is 1.79. The van der Waals surface area contributed by atoms with Gasteiger partial charge in [0.25, 0.3) is 17.4 Å². The maximum atomic E-state index is 13.0. The van der Waals surface area contributed by atoms with Gasteiger partial charge in [-0.3, -0.25) is 14.4 Å². The highest BCUT2D eigenvalue weighted by atomic mass is 35.5. The highest BCUT2D eigenvalue weighted by Crippen LogP contribution is 2.36. The first-order valence-corrected chi connectivity index (χ1v) is 8.99. The van der Waals surface area contributed by atoms with E-state index in [0.717, 1.165) is 0 Å². The SMILES string of the molecule is CCOC(=O)C1CCCN(C(=O)C2(C)Oc3ccc(Cl)cc3NC2=O)C1. The zero-order valence-corrected chi connectivity index (χ0v) is 15.5. The monoisotopic (exact) mass is 380 g/mol. The summed E-state index contributed by atoms with van der Waals surface area (Å²) in [5, 5.41) is 3.13. The van der Waals surface area contributed by atoms with Crippen molar-refractivity contribution in [2.75, 3.05) is 25.0 Å². The first-order valence-electron chi connectivity index (χ1n) is 8.61. The van der Waals surface area contributed by atoms with Crippen molar-refractivity contribution >= 4 is 35.1 Å². The predicted molar refractivity (Wildman–Crippen MR) is 95.1 cm³/mol. The second-order valence-electron chi connectivity index (χ2n) is 6.57. The Kier molecular flexibility index (Phi) is 5.09. The fourth-order valence-electron chi connectivity index (χ4n) is 3.25. The number of anilines is 1. The molecule has 0 aliphatic carbocycles. The number of rotatable bonds is 3.